The summed E-state index contributed by atoms with van der Waals surface area (Å²) in [5.74, 6) is 0.841. The molecule has 0 aliphatic heterocycles. The topological polar surface area (TPSA) is 72.0 Å². The number of aryl methyl sites for hydroxylation is 1. The molecule has 2 aromatic rings. The number of halogens is 2. The number of hydrogen-bond acceptors (Lipinski definition) is 4. The summed E-state index contributed by atoms with van der Waals surface area (Å²) < 4.78 is 27.5. The Balaban J connectivity index is 2.43. The quantitative estimate of drug-likeness (QED) is 0.894. The van der Waals surface area contributed by atoms with Crippen molar-refractivity contribution in [3.8, 4) is 0 Å². The summed E-state index contributed by atoms with van der Waals surface area (Å²) in [6.45, 7) is 5.48. The van der Waals surface area contributed by atoms with Gasteiger partial charge in [-0.05, 0) is 30.7 Å². The van der Waals surface area contributed by atoms with E-state index in [1.54, 1.807) is 13.0 Å². The average molecular weight is 360 g/mol. The summed E-state index contributed by atoms with van der Waals surface area (Å²) in [5, 5.41) is 0.446. The molecule has 1 N–H and O–H groups in total. The first-order chi connectivity index (χ1) is 10.2. The molecule has 1 heterocycles. The summed E-state index contributed by atoms with van der Waals surface area (Å²) in [7, 11) is -3.86. The third-order valence-corrected chi connectivity index (χ3v) is 5.08. The van der Waals surface area contributed by atoms with Crippen LogP contribution in [0.4, 0.5) is 5.82 Å². The molecule has 0 unspecified atom stereocenters. The molecule has 0 saturated carbocycles. The number of aromatic nitrogens is 2. The van der Waals surface area contributed by atoms with E-state index in [0.29, 0.717) is 16.4 Å². The Morgan fingerprint density at radius 3 is 2.50 bits per heavy atom. The summed E-state index contributed by atoms with van der Waals surface area (Å²) in [6, 6.07) is 4.42. The number of rotatable bonds is 4. The maximum absolute atomic E-state index is 12.5. The van der Waals surface area contributed by atoms with E-state index in [-0.39, 0.29) is 21.7 Å². The zero-order valence-corrected chi connectivity index (χ0v) is 14.6. The van der Waals surface area contributed by atoms with Gasteiger partial charge in [0, 0.05) is 17.1 Å². The van der Waals surface area contributed by atoms with E-state index in [0.717, 1.165) is 0 Å². The van der Waals surface area contributed by atoms with Crippen LogP contribution in [0.5, 0.6) is 0 Å². The number of benzene rings is 1. The van der Waals surface area contributed by atoms with Crippen LogP contribution in [0, 0.1) is 6.92 Å². The van der Waals surface area contributed by atoms with Crippen molar-refractivity contribution in [3.63, 3.8) is 0 Å². The maximum atomic E-state index is 12.5. The minimum atomic E-state index is -3.86. The summed E-state index contributed by atoms with van der Waals surface area (Å²) >= 11 is 11.9. The van der Waals surface area contributed by atoms with Gasteiger partial charge < -0.3 is 0 Å². The third-order valence-electron chi connectivity index (χ3n) is 2.89. The Bertz CT molecular complexity index is 784. The normalized spacial score (nSPS) is 11.7. The molecular formula is C14H15Cl2N3O2S. The van der Waals surface area contributed by atoms with Crippen molar-refractivity contribution >= 4 is 39.0 Å². The van der Waals surface area contributed by atoms with Gasteiger partial charge in [-0.15, -0.1) is 0 Å². The Kier molecular flexibility index (Phi) is 4.94. The molecule has 0 fully saturated rings. The second kappa shape index (κ2) is 6.40. The number of sulfonamides is 1. The number of anilines is 1. The van der Waals surface area contributed by atoms with Gasteiger partial charge in [0.05, 0.1) is 5.02 Å². The van der Waals surface area contributed by atoms with E-state index in [2.05, 4.69) is 14.7 Å². The lowest BCUT2D eigenvalue weighted by Crippen LogP contribution is -2.16. The van der Waals surface area contributed by atoms with Crippen molar-refractivity contribution in [2.75, 3.05) is 4.72 Å². The predicted molar refractivity (Wildman–Crippen MR) is 88.1 cm³/mol. The van der Waals surface area contributed by atoms with Crippen LogP contribution in [0.2, 0.25) is 10.0 Å². The van der Waals surface area contributed by atoms with Gasteiger partial charge in [-0.25, -0.2) is 18.4 Å². The van der Waals surface area contributed by atoms with E-state index in [1.807, 2.05) is 13.8 Å². The van der Waals surface area contributed by atoms with Crippen molar-refractivity contribution in [1.82, 2.24) is 9.97 Å². The second-order valence-electron chi connectivity index (χ2n) is 5.09. The summed E-state index contributed by atoms with van der Waals surface area (Å²) in [4.78, 5) is 8.28. The van der Waals surface area contributed by atoms with Gasteiger partial charge in [-0.2, -0.15) is 0 Å². The van der Waals surface area contributed by atoms with E-state index in [9.17, 15) is 8.42 Å². The first-order valence-corrected chi connectivity index (χ1v) is 8.76. The SMILES string of the molecule is Cc1cc(Cl)cc(Cl)c1S(=O)(=O)Nc1ccnc(C(C)C)n1. The first kappa shape index (κ1) is 17.0. The van der Waals surface area contributed by atoms with Crippen LogP contribution in [0.15, 0.2) is 29.3 Å². The highest BCUT2D eigenvalue weighted by atomic mass is 35.5. The molecule has 0 aliphatic carbocycles. The van der Waals surface area contributed by atoms with Crippen molar-refractivity contribution in [2.24, 2.45) is 0 Å². The van der Waals surface area contributed by atoms with Crippen molar-refractivity contribution in [2.45, 2.75) is 31.6 Å². The molecular weight excluding hydrogens is 345 g/mol. The molecule has 1 aromatic carbocycles. The zero-order valence-electron chi connectivity index (χ0n) is 12.3. The van der Waals surface area contributed by atoms with Gasteiger partial charge in [0.25, 0.3) is 10.0 Å². The molecule has 0 radical (unpaired) electrons. The fourth-order valence-electron chi connectivity index (χ4n) is 1.93. The van der Waals surface area contributed by atoms with Crippen molar-refractivity contribution < 1.29 is 8.42 Å². The Labute approximate surface area is 139 Å². The van der Waals surface area contributed by atoms with Crippen LogP contribution in [-0.4, -0.2) is 18.4 Å². The highest BCUT2D eigenvalue weighted by Gasteiger charge is 2.22. The van der Waals surface area contributed by atoms with E-state index < -0.39 is 10.0 Å². The number of hydrogen-bond donors (Lipinski definition) is 1. The van der Waals surface area contributed by atoms with Crippen molar-refractivity contribution in [1.29, 1.82) is 0 Å². The lowest BCUT2D eigenvalue weighted by Gasteiger charge is -2.12. The molecule has 0 atom stereocenters. The van der Waals surface area contributed by atoms with Crippen LogP contribution in [0.3, 0.4) is 0 Å². The largest absolute Gasteiger partial charge is 0.264 e. The first-order valence-electron chi connectivity index (χ1n) is 6.52. The van der Waals surface area contributed by atoms with Gasteiger partial charge in [-0.3, -0.25) is 4.72 Å². The summed E-state index contributed by atoms with van der Waals surface area (Å²) in [6.07, 6.45) is 1.51. The maximum Gasteiger partial charge on any atom is 0.264 e. The van der Waals surface area contributed by atoms with Gasteiger partial charge in [0.15, 0.2) is 0 Å². The fourth-order valence-corrected chi connectivity index (χ4v) is 4.12. The molecule has 0 aliphatic rings. The van der Waals surface area contributed by atoms with Gasteiger partial charge >= 0.3 is 0 Å². The molecule has 118 valence electrons. The molecule has 0 saturated heterocycles. The van der Waals surface area contributed by atoms with Crippen LogP contribution in [-0.2, 0) is 10.0 Å². The van der Waals surface area contributed by atoms with Crippen molar-refractivity contribution in [3.05, 3.63) is 45.8 Å². The van der Waals surface area contributed by atoms with Gasteiger partial charge in [0.1, 0.15) is 16.5 Å². The monoisotopic (exact) mass is 359 g/mol. The average Bonchev–Trinajstić information content (AvgIpc) is 2.36. The fraction of sp³-hybridized carbons (Fsp3) is 0.286. The molecule has 5 nitrogen and oxygen atoms in total. The van der Waals surface area contributed by atoms with Gasteiger partial charge in [0.2, 0.25) is 0 Å². The third kappa shape index (κ3) is 3.69. The van der Waals surface area contributed by atoms with Crippen LogP contribution < -0.4 is 4.72 Å². The summed E-state index contributed by atoms with van der Waals surface area (Å²) in [5.41, 5.74) is 0.461. The van der Waals surface area contributed by atoms with Crippen LogP contribution in [0.1, 0.15) is 31.2 Å². The lowest BCUT2D eigenvalue weighted by molar-refractivity contribution is 0.600. The smallest absolute Gasteiger partial charge is 0.263 e. The molecule has 22 heavy (non-hydrogen) atoms. The van der Waals surface area contributed by atoms with E-state index in [4.69, 9.17) is 23.2 Å². The Morgan fingerprint density at radius 1 is 1.23 bits per heavy atom. The minimum Gasteiger partial charge on any atom is -0.263 e. The van der Waals surface area contributed by atoms with E-state index >= 15 is 0 Å². The zero-order chi connectivity index (χ0) is 16.5. The standard InChI is InChI=1S/C14H15Cl2N3O2S/c1-8(2)14-17-5-4-12(18-14)19-22(20,21)13-9(3)6-10(15)7-11(13)16/h4-8H,1-3H3,(H,17,18,19). The highest BCUT2D eigenvalue weighted by Crippen LogP contribution is 2.30. The Morgan fingerprint density at radius 2 is 1.91 bits per heavy atom. The van der Waals surface area contributed by atoms with E-state index in [1.165, 1.54) is 18.3 Å². The molecule has 0 bridgehead atoms. The number of nitrogens with one attached hydrogen (secondary N) is 1. The van der Waals surface area contributed by atoms with Crippen LogP contribution in [0.25, 0.3) is 0 Å². The second-order valence-corrected chi connectivity index (χ2v) is 7.56. The highest BCUT2D eigenvalue weighted by molar-refractivity contribution is 7.92. The number of nitrogens with zero attached hydrogens (tertiary/aromatic N) is 2. The van der Waals surface area contributed by atoms with Gasteiger partial charge in [-0.1, -0.05) is 37.0 Å². The Hall–Kier alpha value is -1.37. The predicted octanol–water partition coefficient (Wildman–Crippen LogP) is 4.02. The molecule has 0 spiro atoms. The molecule has 1 aromatic heterocycles. The molecule has 2 rings (SSSR count). The van der Waals surface area contributed by atoms with Crippen LogP contribution >= 0.6 is 23.2 Å². The molecule has 8 heteroatoms. The minimum absolute atomic E-state index is 0.0109. The lowest BCUT2D eigenvalue weighted by atomic mass is 10.2. The molecule has 0 amide bonds.